The molecule has 0 radical (unpaired) electrons. The van der Waals surface area contributed by atoms with Crippen LogP contribution in [0.15, 0.2) is 18.2 Å². The Bertz CT molecular complexity index is 401. The van der Waals surface area contributed by atoms with E-state index in [9.17, 15) is 13.6 Å². The highest BCUT2D eigenvalue weighted by molar-refractivity contribution is 6.27. The van der Waals surface area contributed by atoms with E-state index in [0.717, 1.165) is 11.1 Å². The predicted molar refractivity (Wildman–Crippen MR) is 63.5 cm³/mol. The molecule has 1 aromatic carbocycles. The first-order chi connectivity index (χ1) is 7.85. The smallest absolute Gasteiger partial charge is 0.290 e. The van der Waals surface area contributed by atoms with Crippen LogP contribution < -0.4 is 5.32 Å². The third kappa shape index (κ3) is 3.97. The molecule has 0 bridgehead atoms. The van der Waals surface area contributed by atoms with E-state index in [0.29, 0.717) is 0 Å². The maximum Gasteiger partial charge on any atom is 0.290 e. The van der Waals surface area contributed by atoms with E-state index in [2.05, 4.69) is 5.32 Å². The van der Waals surface area contributed by atoms with Crippen LogP contribution >= 0.6 is 11.6 Å². The van der Waals surface area contributed by atoms with Gasteiger partial charge in [-0.15, -0.1) is 11.6 Å². The van der Waals surface area contributed by atoms with Crippen LogP contribution in [0.1, 0.15) is 16.7 Å². The van der Waals surface area contributed by atoms with Crippen molar-refractivity contribution in [1.29, 1.82) is 0 Å². The van der Waals surface area contributed by atoms with Crippen molar-refractivity contribution in [2.45, 2.75) is 19.8 Å². The number of carbonyl (C=O) groups excluding carboxylic acids is 1. The molecule has 94 valence electrons. The van der Waals surface area contributed by atoms with Crippen LogP contribution in [0, 0.1) is 13.8 Å². The number of alkyl halides is 3. The Morgan fingerprint density at radius 3 is 2.29 bits per heavy atom. The highest BCUT2D eigenvalue weighted by Crippen LogP contribution is 2.28. The molecule has 0 aliphatic heterocycles. The lowest BCUT2D eigenvalue weighted by Gasteiger charge is -2.18. The summed E-state index contributed by atoms with van der Waals surface area (Å²) in [5, 5.41) is 2.09. The number of nitrogens with one attached hydrogen (secondary N) is 1. The van der Waals surface area contributed by atoms with Crippen molar-refractivity contribution in [3.05, 3.63) is 34.9 Å². The van der Waals surface area contributed by atoms with Gasteiger partial charge in [-0.25, -0.2) is 0 Å². The molecule has 0 fully saturated rings. The van der Waals surface area contributed by atoms with Gasteiger partial charge in [0.05, 0.1) is 6.54 Å². The number of halogens is 3. The fourth-order valence-electron chi connectivity index (χ4n) is 1.54. The second-order valence-electron chi connectivity index (χ2n) is 3.99. The lowest BCUT2D eigenvalue weighted by molar-refractivity contribution is -0.120. The summed E-state index contributed by atoms with van der Waals surface area (Å²) < 4.78 is 27.5. The number of benzene rings is 1. The van der Waals surface area contributed by atoms with E-state index in [1.54, 1.807) is 13.8 Å². The molecule has 1 N–H and O–H groups in total. The lowest BCUT2D eigenvalue weighted by atomic mass is 10.0. The summed E-state index contributed by atoms with van der Waals surface area (Å²) in [7, 11) is 0. The molecular formula is C12H14ClF2NO. The molecule has 0 spiro atoms. The molecule has 0 aromatic heterocycles. The largest absolute Gasteiger partial charge is 0.349 e. The zero-order valence-corrected chi connectivity index (χ0v) is 10.4. The van der Waals surface area contributed by atoms with Gasteiger partial charge in [-0.1, -0.05) is 29.3 Å². The fourth-order valence-corrected chi connectivity index (χ4v) is 1.64. The van der Waals surface area contributed by atoms with Crippen LogP contribution in [0.4, 0.5) is 8.78 Å². The van der Waals surface area contributed by atoms with Crippen molar-refractivity contribution in [2.75, 3.05) is 12.4 Å². The van der Waals surface area contributed by atoms with Crippen molar-refractivity contribution in [1.82, 2.24) is 5.32 Å². The molecule has 0 aliphatic carbocycles. The van der Waals surface area contributed by atoms with Gasteiger partial charge in [-0.2, -0.15) is 8.78 Å². The Morgan fingerprint density at radius 1 is 1.29 bits per heavy atom. The molecule has 2 nitrogen and oxygen atoms in total. The van der Waals surface area contributed by atoms with E-state index in [1.807, 2.05) is 6.07 Å². The van der Waals surface area contributed by atoms with Crippen molar-refractivity contribution in [3.63, 3.8) is 0 Å². The first-order valence-corrected chi connectivity index (χ1v) is 5.68. The van der Waals surface area contributed by atoms with E-state index >= 15 is 0 Å². The Morgan fingerprint density at radius 2 is 1.82 bits per heavy atom. The summed E-state index contributed by atoms with van der Waals surface area (Å²) in [5.41, 5.74) is 1.44. The maximum atomic E-state index is 13.8. The quantitative estimate of drug-likeness (QED) is 0.830. The average Bonchev–Trinajstić information content (AvgIpc) is 2.24. The van der Waals surface area contributed by atoms with Gasteiger partial charge in [0, 0.05) is 5.56 Å². The second-order valence-corrected chi connectivity index (χ2v) is 4.26. The summed E-state index contributed by atoms with van der Waals surface area (Å²) in [6.45, 7) is 2.77. The van der Waals surface area contributed by atoms with Gasteiger partial charge in [0.1, 0.15) is 5.88 Å². The van der Waals surface area contributed by atoms with Crippen LogP contribution in [0.2, 0.25) is 0 Å². The summed E-state index contributed by atoms with van der Waals surface area (Å²) >= 11 is 5.22. The van der Waals surface area contributed by atoms with Crippen molar-refractivity contribution >= 4 is 17.5 Å². The molecule has 1 rings (SSSR count). The van der Waals surface area contributed by atoms with Crippen molar-refractivity contribution in [3.8, 4) is 0 Å². The highest BCUT2D eigenvalue weighted by atomic mass is 35.5. The van der Waals surface area contributed by atoms with Crippen molar-refractivity contribution in [2.24, 2.45) is 0 Å². The summed E-state index contributed by atoms with van der Waals surface area (Å²) in [6, 6.07) is 4.65. The van der Waals surface area contributed by atoms with Gasteiger partial charge in [0.25, 0.3) is 5.92 Å². The van der Waals surface area contributed by atoms with Crippen LogP contribution in [0.25, 0.3) is 0 Å². The van der Waals surface area contributed by atoms with Crippen LogP contribution in [0.5, 0.6) is 0 Å². The van der Waals surface area contributed by atoms with E-state index in [1.165, 1.54) is 12.1 Å². The van der Waals surface area contributed by atoms with Crippen LogP contribution in [0.3, 0.4) is 0 Å². The summed E-state index contributed by atoms with van der Waals surface area (Å²) in [5.74, 6) is -4.00. The zero-order chi connectivity index (χ0) is 13.1. The van der Waals surface area contributed by atoms with Gasteiger partial charge < -0.3 is 5.32 Å². The SMILES string of the molecule is Cc1cc(C)cc(C(F)(F)CNC(=O)CCl)c1. The Kier molecular flexibility index (Phi) is 4.46. The van der Waals surface area contributed by atoms with Crippen LogP contribution in [-0.4, -0.2) is 18.3 Å². The van der Waals surface area contributed by atoms with Gasteiger partial charge in [-0.3, -0.25) is 4.79 Å². The first kappa shape index (κ1) is 13.9. The summed E-state index contributed by atoms with van der Waals surface area (Å²) in [6.07, 6.45) is 0. The third-order valence-electron chi connectivity index (χ3n) is 2.27. The van der Waals surface area contributed by atoms with Crippen LogP contribution in [-0.2, 0) is 10.7 Å². The van der Waals surface area contributed by atoms with E-state index in [4.69, 9.17) is 11.6 Å². The second kappa shape index (κ2) is 5.45. The summed E-state index contributed by atoms with van der Waals surface area (Å²) in [4.78, 5) is 10.8. The van der Waals surface area contributed by atoms with Gasteiger partial charge in [0.2, 0.25) is 5.91 Å². The molecular weight excluding hydrogens is 248 g/mol. The lowest BCUT2D eigenvalue weighted by Crippen LogP contribution is -2.35. The molecule has 17 heavy (non-hydrogen) atoms. The molecule has 5 heteroatoms. The normalized spacial score (nSPS) is 11.4. The number of carbonyl (C=O) groups is 1. The zero-order valence-electron chi connectivity index (χ0n) is 9.69. The topological polar surface area (TPSA) is 29.1 Å². The fraction of sp³-hybridized carbons (Fsp3) is 0.417. The minimum Gasteiger partial charge on any atom is -0.349 e. The molecule has 0 atom stereocenters. The molecule has 1 aromatic rings. The molecule has 0 aliphatic rings. The molecule has 0 heterocycles. The number of hydrogen-bond acceptors (Lipinski definition) is 1. The molecule has 0 saturated heterocycles. The van der Waals surface area contributed by atoms with Gasteiger partial charge >= 0.3 is 0 Å². The number of rotatable bonds is 4. The molecule has 0 unspecified atom stereocenters. The molecule has 1 amide bonds. The number of amides is 1. The maximum absolute atomic E-state index is 13.8. The highest BCUT2D eigenvalue weighted by Gasteiger charge is 2.32. The van der Waals surface area contributed by atoms with Crippen molar-refractivity contribution < 1.29 is 13.6 Å². The van der Waals surface area contributed by atoms with Gasteiger partial charge in [-0.05, 0) is 13.8 Å². The number of hydrogen-bond donors (Lipinski definition) is 1. The van der Waals surface area contributed by atoms with E-state index in [-0.39, 0.29) is 11.4 Å². The molecule has 0 saturated carbocycles. The third-order valence-corrected chi connectivity index (χ3v) is 2.52. The Balaban J connectivity index is 2.84. The minimum atomic E-state index is -3.08. The Labute approximate surface area is 104 Å². The average molecular weight is 262 g/mol. The first-order valence-electron chi connectivity index (χ1n) is 5.14. The number of aryl methyl sites for hydroxylation is 2. The predicted octanol–water partition coefficient (Wildman–Crippen LogP) is 2.75. The minimum absolute atomic E-state index is 0.0927. The van der Waals surface area contributed by atoms with E-state index < -0.39 is 18.4 Å². The Hall–Kier alpha value is -1.16. The van der Waals surface area contributed by atoms with Gasteiger partial charge in [0.15, 0.2) is 0 Å². The standard InChI is InChI=1S/C12H14ClF2NO/c1-8-3-9(2)5-10(4-8)12(14,15)7-16-11(17)6-13/h3-5H,6-7H2,1-2H3,(H,16,17). The monoisotopic (exact) mass is 261 g/mol.